The van der Waals surface area contributed by atoms with Gasteiger partial charge in [0.2, 0.25) is 5.95 Å². The third-order valence-corrected chi connectivity index (χ3v) is 3.29. The number of hydrogen-bond acceptors (Lipinski definition) is 4. The Morgan fingerprint density at radius 1 is 1.05 bits per heavy atom. The fourth-order valence-corrected chi connectivity index (χ4v) is 2.30. The Balaban J connectivity index is 2.47. The molecule has 0 spiro atoms. The quantitative estimate of drug-likeness (QED) is 0.834. The minimum Gasteiger partial charge on any atom is -0.356 e. The molecule has 0 atom stereocenters. The van der Waals surface area contributed by atoms with Gasteiger partial charge < -0.3 is 10.2 Å². The van der Waals surface area contributed by atoms with E-state index < -0.39 is 0 Å². The number of nitrogens with one attached hydrogen (secondary N) is 1. The summed E-state index contributed by atoms with van der Waals surface area (Å²) in [7, 11) is 0. The van der Waals surface area contributed by atoms with Crippen LogP contribution in [0.3, 0.4) is 0 Å². The van der Waals surface area contributed by atoms with E-state index in [-0.39, 0.29) is 0 Å². The van der Waals surface area contributed by atoms with E-state index in [2.05, 4.69) is 48.1 Å². The molecule has 2 rings (SSSR count). The Morgan fingerprint density at radius 2 is 1.85 bits per heavy atom. The molecule has 0 aliphatic heterocycles. The lowest BCUT2D eigenvalue weighted by Gasteiger charge is -2.23. The number of nitrogens with zero attached hydrogens (tertiary/aromatic N) is 3. The summed E-state index contributed by atoms with van der Waals surface area (Å²) >= 11 is 0. The second-order valence-corrected chi connectivity index (χ2v) is 4.89. The van der Waals surface area contributed by atoms with Crippen LogP contribution in [0.4, 0.5) is 11.8 Å². The molecule has 108 valence electrons. The summed E-state index contributed by atoms with van der Waals surface area (Å²) in [6.45, 7) is 9.39. The van der Waals surface area contributed by atoms with Gasteiger partial charge in [-0.25, -0.2) is 4.98 Å². The lowest BCUT2D eigenvalue weighted by molar-refractivity contribution is 0.780. The van der Waals surface area contributed by atoms with E-state index in [4.69, 9.17) is 4.98 Å². The van der Waals surface area contributed by atoms with Crippen molar-refractivity contribution in [3.8, 4) is 0 Å². The fraction of sp³-hybridized carbons (Fsp3) is 0.500. The number of hydrogen-bond donors (Lipinski definition) is 1. The van der Waals surface area contributed by atoms with Gasteiger partial charge in [0.15, 0.2) is 0 Å². The van der Waals surface area contributed by atoms with Gasteiger partial charge in [-0.1, -0.05) is 26.0 Å². The number of benzene rings is 1. The van der Waals surface area contributed by atoms with Crippen LogP contribution in [0.25, 0.3) is 10.9 Å². The van der Waals surface area contributed by atoms with Gasteiger partial charge in [-0.05, 0) is 31.9 Å². The highest BCUT2D eigenvalue weighted by atomic mass is 15.2. The number of aromatic nitrogens is 2. The summed E-state index contributed by atoms with van der Waals surface area (Å²) in [4.78, 5) is 11.7. The van der Waals surface area contributed by atoms with Crippen molar-refractivity contribution >= 4 is 22.7 Å². The molecule has 2 aromatic rings. The zero-order valence-electron chi connectivity index (χ0n) is 12.7. The molecule has 0 aliphatic rings. The van der Waals surface area contributed by atoms with E-state index in [1.807, 2.05) is 12.1 Å². The monoisotopic (exact) mass is 272 g/mol. The van der Waals surface area contributed by atoms with E-state index in [0.717, 1.165) is 55.1 Å². The van der Waals surface area contributed by atoms with Crippen molar-refractivity contribution in [3.63, 3.8) is 0 Å². The molecule has 4 heteroatoms. The van der Waals surface area contributed by atoms with E-state index in [1.165, 1.54) is 0 Å². The maximum absolute atomic E-state index is 4.73. The fourth-order valence-electron chi connectivity index (χ4n) is 2.30. The predicted molar refractivity (Wildman–Crippen MR) is 86.5 cm³/mol. The summed E-state index contributed by atoms with van der Waals surface area (Å²) in [6, 6.07) is 8.23. The van der Waals surface area contributed by atoms with Crippen LogP contribution in [0.5, 0.6) is 0 Å². The van der Waals surface area contributed by atoms with Gasteiger partial charge in [-0.3, -0.25) is 0 Å². The van der Waals surface area contributed by atoms with Gasteiger partial charge in [0, 0.05) is 25.0 Å². The maximum atomic E-state index is 4.73. The molecule has 0 aliphatic carbocycles. The third kappa shape index (κ3) is 3.18. The standard InChI is InChI=1S/C16H24N4/c1-4-11-17-16-18-14-10-8-7-9-13(14)15(19-16)20(6-3)12-5-2/h7-10H,4-6,11-12H2,1-3H3,(H,17,18,19). The molecular formula is C16H24N4. The second kappa shape index (κ2) is 7.08. The van der Waals surface area contributed by atoms with Crippen molar-refractivity contribution in [1.29, 1.82) is 0 Å². The van der Waals surface area contributed by atoms with Crippen LogP contribution in [0.1, 0.15) is 33.6 Å². The summed E-state index contributed by atoms with van der Waals surface area (Å²) in [5.41, 5.74) is 1.01. The molecule has 20 heavy (non-hydrogen) atoms. The van der Waals surface area contributed by atoms with Gasteiger partial charge in [0.1, 0.15) is 5.82 Å². The van der Waals surface area contributed by atoms with E-state index in [0.29, 0.717) is 0 Å². The van der Waals surface area contributed by atoms with Crippen LogP contribution in [0, 0.1) is 0 Å². The molecule has 0 saturated heterocycles. The molecule has 1 aromatic heterocycles. The lowest BCUT2D eigenvalue weighted by atomic mass is 10.2. The Bertz CT molecular complexity index is 553. The predicted octanol–water partition coefficient (Wildman–Crippen LogP) is 3.69. The van der Waals surface area contributed by atoms with Gasteiger partial charge >= 0.3 is 0 Å². The van der Waals surface area contributed by atoms with Gasteiger partial charge in [0.05, 0.1) is 5.52 Å². The van der Waals surface area contributed by atoms with Crippen molar-refractivity contribution in [2.45, 2.75) is 33.6 Å². The molecule has 0 bridgehead atoms. The van der Waals surface area contributed by atoms with Crippen molar-refractivity contribution in [3.05, 3.63) is 24.3 Å². The summed E-state index contributed by atoms with van der Waals surface area (Å²) in [6.07, 6.45) is 2.18. The summed E-state index contributed by atoms with van der Waals surface area (Å²) in [5, 5.41) is 4.43. The molecule has 1 N–H and O–H groups in total. The first kappa shape index (κ1) is 14.6. The molecule has 0 radical (unpaired) electrons. The van der Waals surface area contributed by atoms with E-state index in [9.17, 15) is 0 Å². The molecule has 0 saturated carbocycles. The van der Waals surface area contributed by atoms with Gasteiger partial charge in [-0.2, -0.15) is 4.98 Å². The van der Waals surface area contributed by atoms with E-state index >= 15 is 0 Å². The minimum absolute atomic E-state index is 0.732. The molecule has 0 unspecified atom stereocenters. The zero-order chi connectivity index (χ0) is 14.4. The average molecular weight is 272 g/mol. The van der Waals surface area contributed by atoms with Crippen LogP contribution in [-0.4, -0.2) is 29.6 Å². The minimum atomic E-state index is 0.732. The van der Waals surface area contributed by atoms with Crippen LogP contribution < -0.4 is 10.2 Å². The average Bonchev–Trinajstić information content (AvgIpc) is 2.50. The second-order valence-electron chi connectivity index (χ2n) is 4.89. The Kier molecular flexibility index (Phi) is 5.16. The summed E-state index contributed by atoms with van der Waals surface area (Å²) < 4.78 is 0. The highest BCUT2D eigenvalue weighted by molar-refractivity contribution is 5.90. The van der Waals surface area contributed by atoms with Gasteiger partial charge in [0.25, 0.3) is 0 Å². The molecule has 0 fully saturated rings. The zero-order valence-corrected chi connectivity index (χ0v) is 12.7. The first-order valence-electron chi connectivity index (χ1n) is 7.55. The number of para-hydroxylation sites is 1. The van der Waals surface area contributed by atoms with Crippen LogP contribution in [0.2, 0.25) is 0 Å². The SMILES string of the molecule is CCCNc1nc(N(CC)CCC)c2ccccc2n1. The highest BCUT2D eigenvalue weighted by Crippen LogP contribution is 2.25. The van der Waals surface area contributed by atoms with Crippen LogP contribution in [-0.2, 0) is 0 Å². The Hall–Kier alpha value is -1.84. The first-order valence-corrected chi connectivity index (χ1v) is 7.55. The van der Waals surface area contributed by atoms with Crippen LogP contribution in [0.15, 0.2) is 24.3 Å². The first-order chi connectivity index (χ1) is 9.80. The summed E-state index contributed by atoms with van der Waals surface area (Å²) in [5.74, 6) is 1.77. The van der Waals surface area contributed by atoms with Crippen molar-refractivity contribution in [2.24, 2.45) is 0 Å². The highest BCUT2D eigenvalue weighted by Gasteiger charge is 2.12. The normalized spacial score (nSPS) is 10.8. The van der Waals surface area contributed by atoms with E-state index in [1.54, 1.807) is 0 Å². The largest absolute Gasteiger partial charge is 0.356 e. The number of rotatable bonds is 7. The Morgan fingerprint density at radius 3 is 2.55 bits per heavy atom. The smallest absolute Gasteiger partial charge is 0.225 e. The Labute approximate surface area is 121 Å². The molecule has 0 amide bonds. The van der Waals surface area contributed by atoms with Crippen molar-refractivity contribution in [2.75, 3.05) is 29.9 Å². The molecule has 1 aromatic carbocycles. The third-order valence-electron chi connectivity index (χ3n) is 3.29. The lowest BCUT2D eigenvalue weighted by Crippen LogP contribution is -2.25. The number of fused-ring (bicyclic) bond motifs is 1. The molecule has 4 nitrogen and oxygen atoms in total. The number of anilines is 2. The molecule has 1 heterocycles. The topological polar surface area (TPSA) is 41.1 Å². The van der Waals surface area contributed by atoms with Gasteiger partial charge in [-0.15, -0.1) is 0 Å². The van der Waals surface area contributed by atoms with Crippen molar-refractivity contribution < 1.29 is 0 Å². The van der Waals surface area contributed by atoms with Crippen LogP contribution >= 0.6 is 0 Å². The van der Waals surface area contributed by atoms with Crippen molar-refractivity contribution in [1.82, 2.24) is 9.97 Å². The maximum Gasteiger partial charge on any atom is 0.225 e. The molecular weight excluding hydrogens is 248 g/mol.